The molecule has 3 rings (SSSR count). The molecule has 2 aromatic carbocycles. The molecule has 3 aromatic rings. The first-order chi connectivity index (χ1) is 12.5. The maximum absolute atomic E-state index is 12.7. The first-order valence-electron chi connectivity index (χ1n) is 8.89. The number of aryl methyl sites for hydroxylation is 3. The van der Waals surface area contributed by atoms with Gasteiger partial charge in [0.05, 0.1) is 15.8 Å². The van der Waals surface area contributed by atoms with E-state index in [1.54, 1.807) is 0 Å². The molecule has 0 saturated heterocycles. The Bertz CT molecular complexity index is 952. The zero-order valence-electron chi connectivity index (χ0n) is 15.7. The monoisotopic (exact) mass is 364 g/mol. The van der Waals surface area contributed by atoms with Gasteiger partial charge in [0.2, 0.25) is 5.91 Å². The second-order valence-corrected chi connectivity index (χ2v) is 7.84. The van der Waals surface area contributed by atoms with E-state index in [2.05, 4.69) is 43.4 Å². The fourth-order valence-corrected chi connectivity index (χ4v) is 4.02. The minimum absolute atomic E-state index is 0.0208. The molecule has 0 aliphatic rings. The van der Waals surface area contributed by atoms with E-state index in [1.165, 1.54) is 22.7 Å². The van der Waals surface area contributed by atoms with Crippen LogP contribution in [0.15, 0.2) is 53.6 Å². The molecule has 26 heavy (non-hydrogen) atoms. The predicted octanol–water partition coefficient (Wildman–Crippen LogP) is 5.67. The number of fused-ring (bicyclic) bond motifs is 1. The lowest BCUT2D eigenvalue weighted by molar-refractivity contribution is -0.115. The van der Waals surface area contributed by atoms with Gasteiger partial charge in [0.1, 0.15) is 0 Å². The van der Waals surface area contributed by atoms with Gasteiger partial charge in [-0.2, -0.15) is 0 Å². The summed E-state index contributed by atoms with van der Waals surface area (Å²) in [6.07, 6.45) is 0.745. The van der Waals surface area contributed by atoms with E-state index in [0.29, 0.717) is 0 Å². The van der Waals surface area contributed by atoms with E-state index in [9.17, 15) is 4.79 Å². The van der Waals surface area contributed by atoms with Crippen molar-refractivity contribution in [3.63, 3.8) is 0 Å². The standard InChI is InChI=1S/C22H24N2OS/c1-5-19(22(25)23-17-10-6-8-14(2)12-17)26-20-13-16(4)18-11-7-9-15(3)21(18)24-20/h6-13,19H,5H2,1-4H3,(H,23,25). The number of pyridine rings is 1. The molecule has 0 aliphatic carbocycles. The quantitative estimate of drug-likeness (QED) is 0.593. The van der Waals surface area contributed by atoms with Gasteiger partial charge in [-0.25, -0.2) is 4.98 Å². The number of hydrogen-bond donors (Lipinski definition) is 1. The number of anilines is 1. The molecule has 0 spiro atoms. The molecule has 134 valence electrons. The van der Waals surface area contributed by atoms with Crippen LogP contribution in [-0.2, 0) is 4.79 Å². The van der Waals surface area contributed by atoms with Gasteiger partial charge in [0.15, 0.2) is 0 Å². The number of aromatic nitrogens is 1. The van der Waals surface area contributed by atoms with Gasteiger partial charge >= 0.3 is 0 Å². The van der Waals surface area contributed by atoms with Crippen LogP contribution in [-0.4, -0.2) is 16.1 Å². The number of hydrogen-bond acceptors (Lipinski definition) is 3. The van der Waals surface area contributed by atoms with Crippen LogP contribution in [0.5, 0.6) is 0 Å². The number of carbonyl (C=O) groups is 1. The summed E-state index contributed by atoms with van der Waals surface area (Å²) in [5, 5.41) is 4.92. The Morgan fingerprint density at radius 2 is 1.85 bits per heavy atom. The van der Waals surface area contributed by atoms with Crippen molar-refractivity contribution in [1.82, 2.24) is 4.98 Å². The van der Waals surface area contributed by atoms with Crippen molar-refractivity contribution in [3.8, 4) is 0 Å². The summed E-state index contributed by atoms with van der Waals surface area (Å²) in [6.45, 7) is 8.23. The first kappa shape index (κ1) is 18.5. The Hall–Kier alpha value is -2.33. The summed E-state index contributed by atoms with van der Waals surface area (Å²) in [6, 6.07) is 16.2. The van der Waals surface area contributed by atoms with E-state index >= 15 is 0 Å². The second-order valence-electron chi connectivity index (χ2n) is 6.62. The molecule has 1 unspecified atom stereocenters. The van der Waals surface area contributed by atoms with Crippen LogP contribution in [0.1, 0.15) is 30.0 Å². The molecule has 0 radical (unpaired) electrons. The van der Waals surface area contributed by atoms with E-state index in [4.69, 9.17) is 4.98 Å². The summed E-state index contributed by atoms with van der Waals surface area (Å²) in [5.74, 6) is 0.0208. The van der Waals surface area contributed by atoms with Crippen LogP contribution >= 0.6 is 11.8 Å². The van der Waals surface area contributed by atoms with Crippen molar-refractivity contribution in [2.45, 2.75) is 44.4 Å². The third-order valence-corrected chi connectivity index (χ3v) is 5.72. The maximum atomic E-state index is 12.7. The van der Waals surface area contributed by atoms with E-state index in [-0.39, 0.29) is 11.2 Å². The number of carbonyl (C=O) groups excluding carboxylic acids is 1. The van der Waals surface area contributed by atoms with Crippen LogP contribution in [0.4, 0.5) is 5.69 Å². The molecular weight excluding hydrogens is 340 g/mol. The van der Waals surface area contributed by atoms with Gasteiger partial charge in [-0.15, -0.1) is 0 Å². The van der Waals surface area contributed by atoms with Crippen LogP contribution < -0.4 is 5.32 Å². The van der Waals surface area contributed by atoms with Gasteiger partial charge in [0, 0.05) is 11.1 Å². The van der Waals surface area contributed by atoms with E-state index in [0.717, 1.165) is 33.8 Å². The summed E-state index contributed by atoms with van der Waals surface area (Å²) < 4.78 is 0. The number of nitrogens with zero attached hydrogens (tertiary/aromatic N) is 1. The fraction of sp³-hybridized carbons (Fsp3) is 0.273. The van der Waals surface area contributed by atoms with Crippen molar-refractivity contribution < 1.29 is 4.79 Å². The largest absolute Gasteiger partial charge is 0.325 e. The number of thioether (sulfide) groups is 1. The fourth-order valence-electron chi connectivity index (χ4n) is 3.00. The minimum Gasteiger partial charge on any atom is -0.325 e. The van der Waals surface area contributed by atoms with Gasteiger partial charge in [-0.3, -0.25) is 4.79 Å². The Morgan fingerprint density at radius 1 is 1.08 bits per heavy atom. The Labute approximate surface area is 159 Å². The number of amides is 1. The molecule has 1 heterocycles. The predicted molar refractivity (Wildman–Crippen MR) is 111 cm³/mol. The lowest BCUT2D eigenvalue weighted by atomic mass is 10.1. The summed E-state index contributed by atoms with van der Waals surface area (Å²) in [4.78, 5) is 17.5. The average Bonchev–Trinajstić information content (AvgIpc) is 2.60. The smallest absolute Gasteiger partial charge is 0.237 e. The van der Waals surface area contributed by atoms with Crippen LogP contribution in [0.3, 0.4) is 0 Å². The maximum Gasteiger partial charge on any atom is 0.237 e. The number of rotatable bonds is 5. The van der Waals surface area contributed by atoms with Crippen LogP contribution in [0.25, 0.3) is 10.9 Å². The van der Waals surface area contributed by atoms with Crippen molar-refractivity contribution >= 4 is 34.3 Å². The molecule has 4 heteroatoms. The lowest BCUT2D eigenvalue weighted by Crippen LogP contribution is -2.24. The molecule has 3 nitrogen and oxygen atoms in total. The second kappa shape index (κ2) is 7.92. The van der Waals surface area contributed by atoms with Gasteiger partial charge in [-0.05, 0) is 62.1 Å². The number of para-hydroxylation sites is 1. The molecule has 0 aliphatic heterocycles. The molecule has 0 saturated carbocycles. The topological polar surface area (TPSA) is 42.0 Å². The number of nitrogens with one attached hydrogen (secondary N) is 1. The molecule has 1 aromatic heterocycles. The van der Waals surface area contributed by atoms with Crippen LogP contribution in [0, 0.1) is 20.8 Å². The number of benzene rings is 2. The highest BCUT2D eigenvalue weighted by Crippen LogP contribution is 2.30. The zero-order valence-corrected chi connectivity index (χ0v) is 16.5. The minimum atomic E-state index is -0.177. The SMILES string of the molecule is CCC(Sc1cc(C)c2cccc(C)c2n1)C(=O)Nc1cccc(C)c1. The third kappa shape index (κ3) is 4.07. The van der Waals surface area contributed by atoms with Gasteiger partial charge < -0.3 is 5.32 Å². The third-order valence-electron chi connectivity index (χ3n) is 4.44. The first-order valence-corrected chi connectivity index (χ1v) is 9.77. The Morgan fingerprint density at radius 3 is 2.58 bits per heavy atom. The van der Waals surface area contributed by atoms with E-state index < -0.39 is 0 Å². The summed E-state index contributed by atoms with van der Waals surface area (Å²) in [7, 11) is 0. The summed E-state index contributed by atoms with van der Waals surface area (Å²) in [5.41, 5.74) is 5.34. The normalized spacial score (nSPS) is 12.2. The van der Waals surface area contributed by atoms with Crippen molar-refractivity contribution in [1.29, 1.82) is 0 Å². The van der Waals surface area contributed by atoms with E-state index in [1.807, 2.05) is 38.1 Å². The van der Waals surface area contributed by atoms with Gasteiger partial charge in [0.25, 0.3) is 0 Å². The highest BCUT2D eigenvalue weighted by molar-refractivity contribution is 8.00. The molecule has 0 bridgehead atoms. The van der Waals surface area contributed by atoms with Crippen molar-refractivity contribution in [2.24, 2.45) is 0 Å². The molecule has 0 fully saturated rings. The molecule has 1 amide bonds. The molecule has 1 atom stereocenters. The van der Waals surface area contributed by atoms with Crippen molar-refractivity contribution in [2.75, 3.05) is 5.32 Å². The van der Waals surface area contributed by atoms with Crippen molar-refractivity contribution in [3.05, 3.63) is 65.2 Å². The highest BCUT2D eigenvalue weighted by Gasteiger charge is 2.19. The lowest BCUT2D eigenvalue weighted by Gasteiger charge is -2.16. The van der Waals surface area contributed by atoms with Gasteiger partial charge in [-0.1, -0.05) is 49.0 Å². The highest BCUT2D eigenvalue weighted by atomic mass is 32.2. The Balaban J connectivity index is 1.82. The average molecular weight is 365 g/mol. The summed E-state index contributed by atoms with van der Waals surface area (Å²) >= 11 is 1.53. The molecule has 1 N–H and O–H groups in total. The molecular formula is C22H24N2OS. The Kier molecular flexibility index (Phi) is 5.62. The zero-order chi connectivity index (χ0) is 18.7. The van der Waals surface area contributed by atoms with Crippen LogP contribution in [0.2, 0.25) is 0 Å².